The molecule has 1 saturated carbocycles. The van der Waals surface area contributed by atoms with Gasteiger partial charge in [0.25, 0.3) is 0 Å². The fourth-order valence-electron chi connectivity index (χ4n) is 3.08. The van der Waals surface area contributed by atoms with Gasteiger partial charge >= 0.3 is 0 Å². The average Bonchev–Trinajstić information content (AvgIpc) is 3.09. The van der Waals surface area contributed by atoms with E-state index in [4.69, 9.17) is 0 Å². The lowest BCUT2D eigenvalue weighted by molar-refractivity contribution is 0.573. The average molecular weight is 313 g/mol. The molecule has 1 atom stereocenters. The summed E-state index contributed by atoms with van der Waals surface area (Å²) in [6.45, 7) is 3.17. The molecule has 1 aliphatic heterocycles. The fourth-order valence-corrected chi connectivity index (χ4v) is 3.08. The highest BCUT2D eigenvalue weighted by molar-refractivity contribution is 5.53. The van der Waals surface area contributed by atoms with Crippen molar-refractivity contribution >= 4 is 17.6 Å². The van der Waals surface area contributed by atoms with Crippen LogP contribution in [0, 0.1) is 5.92 Å². The lowest BCUT2D eigenvalue weighted by Gasteiger charge is -2.20. The molecule has 2 aromatic heterocycles. The van der Waals surface area contributed by atoms with Gasteiger partial charge in [-0.1, -0.05) is 0 Å². The second-order valence-electron chi connectivity index (χ2n) is 6.59. The van der Waals surface area contributed by atoms with Crippen molar-refractivity contribution in [1.29, 1.82) is 0 Å². The van der Waals surface area contributed by atoms with Crippen LogP contribution in [0.2, 0.25) is 0 Å². The number of H-pyrrole nitrogens is 1. The van der Waals surface area contributed by atoms with Crippen molar-refractivity contribution in [2.24, 2.45) is 5.92 Å². The van der Waals surface area contributed by atoms with E-state index in [0.717, 1.165) is 37.2 Å². The molecule has 2 aliphatic rings. The molecule has 0 spiro atoms. The summed E-state index contributed by atoms with van der Waals surface area (Å²) in [5, 5.41) is 14.1. The molecule has 1 aliphatic carbocycles. The number of aromatic amines is 1. The third kappa shape index (κ3) is 3.44. The zero-order chi connectivity index (χ0) is 15.6. The predicted octanol–water partition coefficient (Wildman–Crippen LogP) is 1.87. The van der Waals surface area contributed by atoms with Crippen molar-refractivity contribution in [2.45, 2.75) is 25.2 Å². The summed E-state index contributed by atoms with van der Waals surface area (Å²) < 4.78 is 0. The van der Waals surface area contributed by atoms with E-state index in [1.165, 1.54) is 25.0 Å². The van der Waals surface area contributed by atoms with Crippen LogP contribution in [0.5, 0.6) is 0 Å². The van der Waals surface area contributed by atoms with Gasteiger partial charge in [-0.3, -0.25) is 5.10 Å². The van der Waals surface area contributed by atoms with E-state index < -0.39 is 0 Å². The Hall–Kier alpha value is -2.15. The maximum Gasteiger partial charge on any atom is 0.227 e. The van der Waals surface area contributed by atoms with Gasteiger partial charge in [-0.2, -0.15) is 10.1 Å². The minimum Gasteiger partial charge on any atom is -0.343 e. The Balaban J connectivity index is 1.42. The van der Waals surface area contributed by atoms with Gasteiger partial charge in [-0.05, 0) is 44.3 Å². The van der Waals surface area contributed by atoms with Crippen LogP contribution in [0.4, 0.5) is 17.6 Å². The molecule has 7 nitrogen and oxygen atoms in total. The molecule has 0 amide bonds. The maximum atomic E-state index is 4.61. The molecule has 0 aromatic carbocycles. The Labute approximate surface area is 135 Å². The zero-order valence-corrected chi connectivity index (χ0v) is 13.4. The molecule has 1 saturated heterocycles. The van der Waals surface area contributed by atoms with Crippen LogP contribution in [-0.2, 0) is 0 Å². The van der Waals surface area contributed by atoms with E-state index in [1.54, 1.807) is 6.20 Å². The summed E-state index contributed by atoms with van der Waals surface area (Å²) in [6, 6.07) is 3.95. The minimum atomic E-state index is 0.671. The van der Waals surface area contributed by atoms with Gasteiger partial charge in [-0.25, -0.2) is 4.98 Å². The van der Waals surface area contributed by atoms with Gasteiger partial charge in [-0.15, -0.1) is 0 Å². The SMILES string of the molecule is CN(CC1CCNC1)c1nccc(Nc2cc(C3CC3)[nH]n2)n1. The van der Waals surface area contributed by atoms with Gasteiger partial charge in [0, 0.05) is 37.5 Å². The lowest BCUT2D eigenvalue weighted by Crippen LogP contribution is -2.28. The zero-order valence-electron chi connectivity index (χ0n) is 13.4. The maximum absolute atomic E-state index is 4.61. The molecule has 3 heterocycles. The molecule has 0 bridgehead atoms. The monoisotopic (exact) mass is 313 g/mol. The van der Waals surface area contributed by atoms with Crippen molar-refractivity contribution in [3.05, 3.63) is 24.0 Å². The Morgan fingerprint density at radius 3 is 3.00 bits per heavy atom. The van der Waals surface area contributed by atoms with Gasteiger partial charge < -0.3 is 15.5 Å². The number of aromatic nitrogens is 4. The molecule has 1 unspecified atom stereocenters. The summed E-state index contributed by atoms with van der Waals surface area (Å²) in [4.78, 5) is 11.1. The standard InChI is InChI=1S/C16H23N7/c1-23(10-11-4-6-17-9-11)16-18-7-5-14(20-16)19-15-8-13(21-22-15)12-2-3-12/h5,7-8,11-12,17H,2-4,6,9-10H2,1H3,(H2,18,19,20,21,22). The largest absolute Gasteiger partial charge is 0.343 e. The van der Waals surface area contributed by atoms with E-state index in [9.17, 15) is 0 Å². The summed E-state index contributed by atoms with van der Waals surface area (Å²) in [5.74, 6) is 3.69. The normalized spacial score (nSPS) is 20.7. The van der Waals surface area contributed by atoms with Crippen LogP contribution in [-0.4, -0.2) is 46.8 Å². The van der Waals surface area contributed by atoms with E-state index in [-0.39, 0.29) is 0 Å². The minimum absolute atomic E-state index is 0.671. The third-order valence-electron chi connectivity index (χ3n) is 4.55. The van der Waals surface area contributed by atoms with Crippen molar-refractivity contribution in [2.75, 3.05) is 36.9 Å². The van der Waals surface area contributed by atoms with Crippen LogP contribution in [0.3, 0.4) is 0 Å². The van der Waals surface area contributed by atoms with Gasteiger partial charge in [0.2, 0.25) is 5.95 Å². The van der Waals surface area contributed by atoms with Crippen molar-refractivity contribution in [3.63, 3.8) is 0 Å². The highest BCUT2D eigenvalue weighted by atomic mass is 15.3. The Morgan fingerprint density at radius 1 is 1.30 bits per heavy atom. The molecular weight excluding hydrogens is 290 g/mol. The van der Waals surface area contributed by atoms with Crippen molar-refractivity contribution < 1.29 is 0 Å². The molecular formula is C16H23N7. The number of nitrogens with one attached hydrogen (secondary N) is 3. The smallest absolute Gasteiger partial charge is 0.227 e. The first kappa shape index (κ1) is 14.4. The van der Waals surface area contributed by atoms with E-state index in [0.29, 0.717) is 11.8 Å². The number of hydrogen-bond acceptors (Lipinski definition) is 6. The number of hydrogen-bond donors (Lipinski definition) is 3. The van der Waals surface area contributed by atoms with Crippen LogP contribution in [0.1, 0.15) is 30.9 Å². The molecule has 4 rings (SSSR count). The predicted molar refractivity (Wildman–Crippen MR) is 90.1 cm³/mol. The second kappa shape index (κ2) is 6.16. The first-order chi connectivity index (χ1) is 11.3. The summed E-state index contributed by atoms with van der Waals surface area (Å²) >= 11 is 0. The van der Waals surface area contributed by atoms with E-state index >= 15 is 0 Å². The molecule has 2 aromatic rings. The Bertz CT molecular complexity index is 658. The number of nitrogens with zero attached hydrogens (tertiary/aromatic N) is 4. The fraction of sp³-hybridized carbons (Fsp3) is 0.562. The van der Waals surface area contributed by atoms with Crippen LogP contribution < -0.4 is 15.5 Å². The van der Waals surface area contributed by atoms with E-state index in [1.807, 2.05) is 6.07 Å². The molecule has 122 valence electrons. The quantitative estimate of drug-likeness (QED) is 0.755. The van der Waals surface area contributed by atoms with Crippen molar-refractivity contribution in [3.8, 4) is 0 Å². The number of rotatable bonds is 6. The topological polar surface area (TPSA) is 81.8 Å². The highest BCUT2D eigenvalue weighted by Gasteiger charge is 2.25. The van der Waals surface area contributed by atoms with Crippen LogP contribution >= 0.6 is 0 Å². The molecule has 2 fully saturated rings. The molecule has 7 heteroatoms. The Morgan fingerprint density at radius 2 is 2.22 bits per heavy atom. The van der Waals surface area contributed by atoms with Gasteiger partial charge in [0.05, 0.1) is 0 Å². The van der Waals surface area contributed by atoms with Crippen LogP contribution in [0.15, 0.2) is 18.3 Å². The third-order valence-corrected chi connectivity index (χ3v) is 4.55. The second-order valence-corrected chi connectivity index (χ2v) is 6.59. The first-order valence-corrected chi connectivity index (χ1v) is 8.35. The first-order valence-electron chi connectivity index (χ1n) is 8.35. The summed E-state index contributed by atoms with van der Waals surface area (Å²) in [5.41, 5.74) is 1.22. The van der Waals surface area contributed by atoms with Gasteiger partial charge in [0.15, 0.2) is 5.82 Å². The number of anilines is 3. The molecule has 3 N–H and O–H groups in total. The molecule has 23 heavy (non-hydrogen) atoms. The van der Waals surface area contributed by atoms with E-state index in [2.05, 4.69) is 48.8 Å². The van der Waals surface area contributed by atoms with Crippen LogP contribution in [0.25, 0.3) is 0 Å². The van der Waals surface area contributed by atoms with Crippen molar-refractivity contribution in [1.82, 2.24) is 25.5 Å². The lowest BCUT2D eigenvalue weighted by atomic mass is 10.1. The Kier molecular flexibility index (Phi) is 3.87. The van der Waals surface area contributed by atoms with Gasteiger partial charge in [0.1, 0.15) is 5.82 Å². The molecule has 0 radical (unpaired) electrons. The summed E-state index contributed by atoms with van der Waals surface area (Å²) in [6.07, 6.45) is 5.54. The highest BCUT2D eigenvalue weighted by Crippen LogP contribution is 2.39. The summed E-state index contributed by atoms with van der Waals surface area (Å²) in [7, 11) is 2.05.